The second-order valence-electron chi connectivity index (χ2n) is 4.62. The molecule has 1 aliphatic rings. The molecule has 1 aromatic carbocycles. The first-order chi connectivity index (χ1) is 11.3. The molecule has 3 heterocycles. The number of esters is 1. The lowest BCUT2D eigenvalue weighted by atomic mass is 10.2. The van der Waals surface area contributed by atoms with Gasteiger partial charge < -0.3 is 23.0 Å². The number of carbonyl (C=O) groups is 1. The van der Waals surface area contributed by atoms with Gasteiger partial charge in [-0.25, -0.2) is 4.79 Å². The quantitative estimate of drug-likeness (QED) is 0.677. The number of aromatic nitrogens is 2. The van der Waals surface area contributed by atoms with Gasteiger partial charge in [-0.15, -0.1) is 10.2 Å². The summed E-state index contributed by atoms with van der Waals surface area (Å²) in [6.07, 6.45) is 1.50. The fourth-order valence-electron chi connectivity index (χ4n) is 2.05. The van der Waals surface area contributed by atoms with Crippen LogP contribution >= 0.6 is 0 Å². The number of rotatable bonds is 4. The van der Waals surface area contributed by atoms with Crippen molar-refractivity contribution < 1.29 is 27.8 Å². The summed E-state index contributed by atoms with van der Waals surface area (Å²) in [6, 6.07) is 8.21. The van der Waals surface area contributed by atoms with E-state index in [2.05, 4.69) is 10.2 Å². The first kappa shape index (κ1) is 13.4. The maximum Gasteiger partial charge on any atom is 0.338 e. The zero-order valence-electron chi connectivity index (χ0n) is 11.7. The van der Waals surface area contributed by atoms with Crippen molar-refractivity contribution in [1.29, 1.82) is 0 Å². The Morgan fingerprint density at radius 1 is 1.17 bits per heavy atom. The molecule has 0 saturated carbocycles. The Morgan fingerprint density at radius 2 is 2.09 bits per heavy atom. The van der Waals surface area contributed by atoms with Crippen molar-refractivity contribution in [2.24, 2.45) is 0 Å². The van der Waals surface area contributed by atoms with Crippen LogP contribution in [0.25, 0.3) is 11.7 Å². The number of ether oxygens (including phenoxy) is 3. The summed E-state index contributed by atoms with van der Waals surface area (Å²) >= 11 is 0. The normalized spacial score (nSPS) is 12.3. The minimum absolute atomic E-state index is 0.138. The van der Waals surface area contributed by atoms with Crippen LogP contribution in [0, 0.1) is 0 Å². The van der Waals surface area contributed by atoms with Gasteiger partial charge in [0.15, 0.2) is 23.9 Å². The van der Waals surface area contributed by atoms with E-state index in [4.69, 9.17) is 23.0 Å². The fourth-order valence-corrected chi connectivity index (χ4v) is 2.05. The van der Waals surface area contributed by atoms with E-state index in [9.17, 15) is 4.79 Å². The first-order valence-corrected chi connectivity index (χ1v) is 6.72. The topological polar surface area (TPSA) is 96.8 Å². The van der Waals surface area contributed by atoms with Crippen LogP contribution in [0.5, 0.6) is 11.5 Å². The lowest BCUT2D eigenvalue weighted by Crippen LogP contribution is -2.05. The van der Waals surface area contributed by atoms with E-state index in [1.165, 1.54) is 6.26 Å². The molecule has 1 aliphatic heterocycles. The van der Waals surface area contributed by atoms with Gasteiger partial charge in [0.05, 0.1) is 11.8 Å². The maximum atomic E-state index is 12.0. The van der Waals surface area contributed by atoms with Crippen molar-refractivity contribution in [2.45, 2.75) is 6.61 Å². The Hall–Kier alpha value is -3.29. The van der Waals surface area contributed by atoms with E-state index >= 15 is 0 Å². The van der Waals surface area contributed by atoms with Crippen molar-refractivity contribution >= 4 is 5.97 Å². The SMILES string of the molecule is O=C(OCc1nnc(-c2ccco2)o1)c1ccc2c(c1)OCO2. The van der Waals surface area contributed by atoms with Crippen molar-refractivity contribution in [3.05, 3.63) is 48.0 Å². The number of hydrogen-bond donors (Lipinski definition) is 0. The number of benzene rings is 1. The van der Waals surface area contributed by atoms with Gasteiger partial charge in [0.1, 0.15) is 0 Å². The number of nitrogens with zero attached hydrogens (tertiary/aromatic N) is 2. The van der Waals surface area contributed by atoms with Crippen LogP contribution in [-0.4, -0.2) is 23.0 Å². The third-order valence-electron chi connectivity index (χ3n) is 3.13. The molecule has 8 heteroatoms. The molecule has 0 aliphatic carbocycles. The highest BCUT2D eigenvalue weighted by molar-refractivity contribution is 5.90. The standard InChI is InChI=1S/C15H10N2O6/c18-15(9-3-4-10-12(6-9)22-8-21-10)20-7-13-16-17-14(23-13)11-2-1-5-19-11/h1-6H,7-8H2. The molecule has 0 amide bonds. The monoisotopic (exact) mass is 314 g/mol. The molecule has 2 aromatic heterocycles. The van der Waals surface area contributed by atoms with Crippen LogP contribution in [0.2, 0.25) is 0 Å². The molecule has 23 heavy (non-hydrogen) atoms. The molecule has 0 fully saturated rings. The lowest BCUT2D eigenvalue weighted by Gasteiger charge is -2.03. The van der Waals surface area contributed by atoms with Crippen LogP contribution < -0.4 is 9.47 Å². The van der Waals surface area contributed by atoms with E-state index < -0.39 is 5.97 Å². The molecule has 0 radical (unpaired) electrons. The number of carbonyl (C=O) groups excluding carboxylic acids is 1. The molecule has 116 valence electrons. The van der Waals surface area contributed by atoms with E-state index in [1.54, 1.807) is 30.3 Å². The van der Waals surface area contributed by atoms with Crippen molar-refractivity contribution in [3.63, 3.8) is 0 Å². The number of hydrogen-bond acceptors (Lipinski definition) is 8. The van der Waals surface area contributed by atoms with Gasteiger partial charge in [0, 0.05) is 0 Å². The summed E-state index contributed by atoms with van der Waals surface area (Å²) in [6.45, 7) is 0.00631. The Kier molecular flexibility index (Phi) is 3.19. The Balaban J connectivity index is 1.42. The molecule has 0 saturated heterocycles. The van der Waals surface area contributed by atoms with Gasteiger partial charge in [-0.1, -0.05) is 0 Å². The molecule has 3 aromatic rings. The number of furan rings is 1. The Bertz CT molecular complexity index is 840. The van der Waals surface area contributed by atoms with Gasteiger partial charge in [-0.3, -0.25) is 0 Å². The molecule has 0 atom stereocenters. The van der Waals surface area contributed by atoms with Gasteiger partial charge >= 0.3 is 5.97 Å². The first-order valence-electron chi connectivity index (χ1n) is 6.72. The zero-order valence-corrected chi connectivity index (χ0v) is 11.7. The molecule has 0 N–H and O–H groups in total. The molecular weight excluding hydrogens is 304 g/mol. The molecular formula is C15H10N2O6. The van der Waals surface area contributed by atoms with E-state index in [0.29, 0.717) is 22.8 Å². The molecule has 4 rings (SSSR count). The smallest absolute Gasteiger partial charge is 0.338 e. The van der Waals surface area contributed by atoms with Crippen molar-refractivity contribution in [3.8, 4) is 23.1 Å². The van der Waals surface area contributed by atoms with Crippen molar-refractivity contribution in [2.75, 3.05) is 6.79 Å². The summed E-state index contributed by atoms with van der Waals surface area (Å²) in [5, 5.41) is 7.62. The van der Waals surface area contributed by atoms with E-state index in [0.717, 1.165) is 0 Å². The predicted molar refractivity (Wildman–Crippen MR) is 73.7 cm³/mol. The van der Waals surface area contributed by atoms with Crippen LogP contribution in [0.1, 0.15) is 16.2 Å². The number of fused-ring (bicyclic) bond motifs is 1. The van der Waals surface area contributed by atoms with Crippen LogP contribution in [0.15, 0.2) is 45.4 Å². The average molecular weight is 314 g/mol. The highest BCUT2D eigenvalue weighted by Crippen LogP contribution is 2.32. The van der Waals surface area contributed by atoms with Crippen LogP contribution in [-0.2, 0) is 11.3 Å². The largest absolute Gasteiger partial charge is 0.459 e. The molecule has 0 unspecified atom stereocenters. The average Bonchev–Trinajstić information content (AvgIpc) is 3.32. The third-order valence-corrected chi connectivity index (χ3v) is 3.13. The van der Waals surface area contributed by atoms with Gasteiger partial charge in [0.25, 0.3) is 11.8 Å². The minimum Gasteiger partial charge on any atom is -0.459 e. The Labute approximate surface area is 129 Å². The molecule has 0 bridgehead atoms. The fraction of sp³-hybridized carbons (Fsp3) is 0.133. The van der Waals surface area contributed by atoms with Gasteiger partial charge in [0.2, 0.25) is 6.79 Å². The highest BCUT2D eigenvalue weighted by Gasteiger charge is 2.18. The second-order valence-corrected chi connectivity index (χ2v) is 4.62. The minimum atomic E-state index is -0.527. The van der Waals surface area contributed by atoms with E-state index in [-0.39, 0.29) is 25.2 Å². The molecule has 0 spiro atoms. The van der Waals surface area contributed by atoms with E-state index in [1.807, 2.05) is 0 Å². The summed E-state index contributed by atoms with van der Waals surface area (Å²) in [5.74, 6) is 1.43. The summed E-state index contributed by atoms with van der Waals surface area (Å²) in [5.41, 5.74) is 0.347. The summed E-state index contributed by atoms with van der Waals surface area (Å²) in [4.78, 5) is 12.0. The van der Waals surface area contributed by atoms with Crippen LogP contribution in [0.4, 0.5) is 0 Å². The predicted octanol–water partition coefficient (Wildman–Crippen LogP) is 2.42. The molecule has 8 nitrogen and oxygen atoms in total. The maximum absolute atomic E-state index is 12.0. The Morgan fingerprint density at radius 3 is 2.96 bits per heavy atom. The van der Waals surface area contributed by atoms with Crippen LogP contribution in [0.3, 0.4) is 0 Å². The second kappa shape index (κ2) is 5.48. The summed E-state index contributed by atoms with van der Waals surface area (Å²) < 4.78 is 26.0. The van der Waals surface area contributed by atoms with Crippen molar-refractivity contribution in [1.82, 2.24) is 10.2 Å². The van der Waals surface area contributed by atoms with Gasteiger partial charge in [-0.05, 0) is 30.3 Å². The highest BCUT2D eigenvalue weighted by atomic mass is 16.7. The zero-order chi connectivity index (χ0) is 15.6. The van der Waals surface area contributed by atoms with Gasteiger partial charge in [-0.2, -0.15) is 0 Å². The third kappa shape index (κ3) is 2.61. The summed E-state index contributed by atoms with van der Waals surface area (Å²) in [7, 11) is 0. The lowest BCUT2D eigenvalue weighted by molar-refractivity contribution is 0.0438.